The van der Waals surface area contributed by atoms with Crippen molar-refractivity contribution in [1.82, 2.24) is 0 Å². The van der Waals surface area contributed by atoms with E-state index in [9.17, 15) is 24.3 Å². The van der Waals surface area contributed by atoms with Crippen LogP contribution < -0.4 is 10.0 Å². The van der Waals surface area contributed by atoms with Crippen LogP contribution in [0.25, 0.3) is 0 Å². The highest BCUT2D eigenvalue weighted by Crippen LogP contribution is 2.40. The minimum Gasteiger partial charge on any atom is -0.477 e. The lowest BCUT2D eigenvalue weighted by Crippen LogP contribution is -2.48. The number of ether oxygens (including phenoxy) is 3. The number of anilines is 2. The SMILES string of the molecule is CCOC(=O)C1(C)CC(C(=O)O)=NN1c1ccc(Cl)cc1Cl.CCOC(=O)C1=NN(c2ccc(Cl)cc2Cl)C(C)(C(=O)OCC)C1. The first-order chi connectivity index (χ1) is 21.6. The molecule has 0 bridgehead atoms. The van der Waals surface area contributed by atoms with Crippen LogP contribution in [-0.2, 0) is 33.4 Å². The second kappa shape index (κ2) is 15.3. The summed E-state index contributed by atoms with van der Waals surface area (Å²) in [5.74, 6) is -2.83. The molecular formula is C30H32Cl4N4O8. The second-order valence-corrected chi connectivity index (χ2v) is 12.0. The molecule has 248 valence electrons. The van der Waals surface area contributed by atoms with E-state index >= 15 is 0 Å². The number of esters is 3. The molecule has 16 heteroatoms. The zero-order valence-electron chi connectivity index (χ0n) is 25.6. The number of carbonyl (C=O) groups excluding carboxylic acids is 3. The number of carboxylic acids is 1. The minimum absolute atomic E-state index is 0.0591. The molecule has 1 N–H and O–H groups in total. The molecule has 2 aliphatic heterocycles. The van der Waals surface area contributed by atoms with E-state index in [2.05, 4.69) is 10.2 Å². The van der Waals surface area contributed by atoms with Gasteiger partial charge in [0.2, 0.25) is 0 Å². The monoisotopic (exact) mass is 716 g/mol. The Kier molecular flexibility index (Phi) is 12.3. The normalized spacial score (nSPS) is 20.3. The predicted molar refractivity (Wildman–Crippen MR) is 176 cm³/mol. The number of hydrazone groups is 2. The quantitative estimate of drug-likeness (QED) is 0.228. The van der Waals surface area contributed by atoms with Crippen LogP contribution in [-0.4, -0.2) is 71.3 Å². The van der Waals surface area contributed by atoms with Gasteiger partial charge in [-0.15, -0.1) is 0 Å². The molecule has 0 saturated carbocycles. The highest BCUT2D eigenvalue weighted by Gasteiger charge is 2.50. The number of carboxylic acid groups (broad SMARTS) is 1. The summed E-state index contributed by atoms with van der Waals surface area (Å²) in [5.41, 5.74) is -1.63. The van der Waals surface area contributed by atoms with Gasteiger partial charge >= 0.3 is 23.9 Å². The van der Waals surface area contributed by atoms with Crippen LogP contribution >= 0.6 is 46.4 Å². The molecule has 4 rings (SSSR count). The number of benzene rings is 2. The Morgan fingerprint density at radius 2 is 1.11 bits per heavy atom. The standard InChI is InChI=1S/C16H18Cl2N2O4.C14H14Cl2N2O4/c1-4-23-14(21)12-9-16(3,15(22)24-5-2)20(19-12)13-7-6-10(17)8-11(13)18;1-3-22-13(21)14(2)7-10(12(19)20)17-18(14)11-5-4-8(15)6-9(11)16/h6-8H,4-5,9H2,1-3H3;4-6H,3,7H2,1-2H3,(H,19,20). The van der Waals surface area contributed by atoms with Crippen LogP contribution in [0.1, 0.15) is 47.5 Å². The van der Waals surface area contributed by atoms with E-state index in [0.717, 1.165) is 0 Å². The van der Waals surface area contributed by atoms with Gasteiger partial charge in [0.25, 0.3) is 0 Å². The van der Waals surface area contributed by atoms with Crippen LogP contribution in [0.2, 0.25) is 20.1 Å². The first-order valence-corrected chi connectivity index (χ1v) is 15.5. The van der Waals surface area contributed by atoms with Crippen molar-refractivity contribution in [2.24, 2.45) is 10.2 Å². The number of halogens is 4. The van der Waals surface area contributed by atoms with Crippen LogP contribution in [0.4, 0.5) is 11.4 Å². The minimum atomic E-state index is -1.28. The number of rotatable bonds is 9. The van der Waals surface area contributed by atoms with Gasteiger partial charge in [0.15, 0.2) is 11.1 Å². The summed E-state index contributed by atoms with van der Waals surface area (Å²) in [7, 11) is 0. The molecule has 0 aromatic heterocycles. The van der Waals surface area contributed by atoms with E-state index in [4.69, 9.17) is 60.6 Å². The fourth-order valence-electron chi connectivity index (χ4n) is 4.62. The topological polar surface area (TPSA) is 147 Å². The van der Waals surface area contributed by atoms with Crippen LogP contribution in [0.15, 0.2) is 46.6 Å². The smallest absolute Gasteiger partial charge is 0.354 e. The molecule has 0 amide bonds. The summed E-state index contributed by atoms with van der Waals surface area (Å²) < 4.78 is 15.2. The Balaban J connectivity index is 0.000000251. The van der Waals surface area contributed by atoms with Crippen molar-refractivity contribution in [3.8, 4) is 0 Å². The summed E-state index contributed by atoms with van der Waals surface area (Å²) >= 11 is 24.2. The fraction of sp³-hybridized carbons (Fsp3) is 0.400. The average Bonchev–Trinajstić information content (AvgIpc) is 3.53. The first-order valence-electron chi connectivity index (χ1n) is 14.0. The average molecular weight is 718 g/mol. The van der Waals surface area contributed by atoms with Gasteiger partial charge in [-0.05, 0) is 71.0 Å². The number of hydrogen-bond acceptors (Lipinski definition) is 11. The Morgan fingerprint density at radius 1 is 0.717 bits per heavy atom. The Bertz CT molecular complexity index is 1590. The van der Waals surface area contributed by atoms with Crippen molar-refractivity contribution in [2.75, 3.05) is 29.8 Å². The molecule has 2 heterocycles. The number of hydrogen-bond donors (Lipinski definition) is 1. The summed E-state index contributed by atoms with van der Waals surface area (Å²) in [4.78, 5) is 48.1. The predicted octanol–water partition coefficient (Wildman–Crippen LogP) is 6.41. The van der Waals surface area contributed by atoms with Crippen molar-refractivity contribution in [3.05, 3.63) is 56.5 Å². The van der Waals surface area contributed by atoms with Gasteiger partial charge in [-0.3, -0.25) is 0 Å². The van der Waals surface area contributed by atoms with E-state index in [1.54, 1.807) is 65.0 Å². The second-order valence-electron chi connectivity index (χ2n) is 10.3. The lowest BCUT2D eigenvalue weighted by atomic mass is 9.95. The largest absolute Gasteiger partial charge is 0.477 e. The van der Waals surface area contributed by atoms with E-state index < -0.39 is 35.0 Å². The maximum atomic E-state index is 12.5. The highest BCUT2D eigenvalue weighted by molar-refractivity contribution is 6.40. The van der Waals surface area contributed by atoms with Crippen molar-refractivity contribution in [3.63, 3.8) is 0 Å². The lowest BCUT2D eigenvalue weighted by Gasteiger charge is -2.32. The van der Waals surface area contributed by atoms with E-state index in [0.29, 0.717) is 26.4 Å². The number of aliphatic carboxylic acids is 1. The summed E-state index contributed by atoms with van der Waals surface area (Å²) in [6, 6.07) is 9.48. The zero-order valence-corrected chi connectivity index (χ0v) is 28.6. The van der Waals surface area contributed by atoms with Gasteiger partial charge < -0.3 is 19.3 Å². The van der Waals surface area contributed by atoms with Crippen molar-refractivity contribution < 1.29 is 38.5 Å². The maximum absolute atomic E-state index is 12.5. The zero-order chi connectivity index (χ0) is 34.4. The molecule has 0 fully saturated rings. The van der Waals surface area contributed by atoms with E-state index in [1.165, 1.54) is 16.1 Å². The molecular weight excluding hydrogens is 686 g/mol. The molecule has 2 aliphatic rings. The summed E-state index contributed by atoms with van der Waals surface area (Å²) in [5, 5.41) is 21.6. The Hall–Kier alpha value is -3.58. The lowest BCUT2D eigenvalue weighted by molar-refractivity contribution is -0.149. The molecule has 0 radical (unpaired) electrons. The van der Waals surface area contributed by atoms with E-state index in [1.807, 2.05) is 0 Å². The number of carbonyl (C=O) groups is 4. The van der Waals surface area contributed by atoms with Gasteiger partial charge in [-0.2, -0.15) is 10.2 Å². The van der Waals surface area contributed by atoms with E-state index in [-0.39, 0.29) is 49.1 Å². The Morgan fingerprint density at radius 3 is 1.48 bits per heavy atom. The molecule has 2 unspecified atom stereocenters. The van der Waals surface area contributed by atoms with Crippen LogP contribution in [0, 0.1) is 0 Å². The third-order valence-corrected chi connectivity index (χ3v) is 7.94. The van der Waals surface area contributed by atoms with Crippen LogP contribution in [0.3, 0.4) is 0 Å². The first kappa shape index (κ1) is 36.9. The van der Waals surface area contributed by atoms with Gasteiger partial charge in [-0.1, -0.05) is 46.4 Å². The van der Waals surface area contributed by atoms with Crippen molar-refractivity contribution in [1.29, 1.82) is 0 Å². The third kappa shape index (κ3) is 7.86. The summed E-state index contributed by atoms with van der Waals surface area (Å²) in [6.45, 7) is 8.91. The number of nitrogens with zero attached hydrogens (tertiary/aromatic N) is 4. The molecule has 0 saturated heterocycles. The Labute approximate surface area is 285 Å². The van der Waals surface area contributed by atoms with Gasteiger partial charge in [0.1, 0.15) is 11.4 Å². The maximum Gasteiger partial charge on any atom is 0.354 e. The summed E-state index contributed by atoms with van der Waals surface area (Å²) in [6.07, 6.45) is -0.0241. The third-order valence-electron chi connectivity index (χ3n) is 6.86. The van der Waals surface area contributed by atoms with Gasteiger partial charge in [0, 0.05) is 22.9 Å². The molecule has 12 nitrogen and oxygen atoms in total. The van der Waals surface area contributed by atoms with Gasteiger partial charge in [0.05, 0.1) is 41.2 Å². The van der Waals surface area contributed by atoms with Crippen molar-refractivity contribution >= 4 is 93.1 Å². The molecule has 0 spiro atoms. The van der Waals surface area contributed by atoms with Crippen LogP contribution in [0.5, 0.6) is 0 Å². The molecule has 0 aliphatic carbocycles. The highest BCUT2D eigenvalue weighted by atomic mass is 35.5. The molecule has 2 atom stereocenters. The molecule has 2 aromatic carbocycles. The van der Waals surface area contributed by atoms with Gasteiger partial charge in [-0.25, -0.2) is 29.2 Å². The fourth-order valence-corrected chi connectivity index (χ4v) is 5.59. The van der Waals surface area contributed by atoms with Crippen molar-refractivity contribution in [2.45, 2.75) is 58.5 Å². The molecule has 2 aromatic rings. The molecule has 46 heavy (non-hydrogen) atoms.